The number of halogens is 1. The summed E-state index contributed by atoms with van der Waals surface area (Å²) in [5.41, 5.74) is 8.37. The average Bonchev–Trinajstić information content (AvgIpc) is 2.65. The zero-order valence-corrected chi connectivity index (χ0v) is 19.4. The van der Waals surface area contributed by atoms with E-state index in [0.29, 0.717) is 11.4 Å². The number of nitrogens with zero attached hydrogens (tertiary/aromatic N) is 2. The van der Waals surface area contributed by atoms with Crippen molar-refractivity contribution in [1.29, 1.82) is 0 Å². The van der Waals surface area contributed by atoms with E-state index >= 15 is 0 Å². The Kier molecular flexibility index (Phi) is 5.88. The molecule has 1 unspecified atom stereocenters. The predicted octanol–water partition coefficient (Wildman–Crippen LogP) is 4.62. The van der Waals surface area contributed by atoms with Gasteiger partial charge in [-0.15, -0.1) is 0 Å². The Morgan fingerprint density at radius 1 is 1.13 bits per heavy atom. The van der Waals surface area contributed by atoms with Gasteiger partial charge in [0.25, 0.3) is 10.0 Å². The van der Waals surface area contributed by atoms with Crippen LogP contribution < -0.4 is 10.5 Å². The highest BCUT2D eigenvalue weighted by Crippen LogP contribution is 2.38. The molecule has 2 heterocycles. The van der Waals surface area contributed by atoms with E-state index in [2.05, 4.69) is 4.98 Å². The molecular formula is C23H28FN3O3S. The van der Waals surface area contributed by atoms with Crippen molar-refractivity contribution in [2.24, 2.45) is 5.41 Å². The topological polar surface area (TPSA) is 85.5 Å². The first kappa shape index (κ1) is 22.8. The van der Waals surface area contributed by atoms with E-state index < -0.39 is 32.5 Å². The molecule has 0 saturated carbocycles. The van der Waals surface area contributed by atoms with Crippen LogP contribution in [0.4, 0.5) is 10.2 Å². The lowest BCUT2D eigenvalue weighted by atomic mass is 9.90. The van der Waals surface area contributed by atoms with Gasteiger partial charge in [0.2, 0.25) is 11.3 Å². The number of nitrogen functional groups attached to an aromatic ring is 1. The van der Waals surface area contributed by atoms with Crippen molar-refractivity contribution < 1.29 is 17.5 Å². The molecule has 1 atom stereocenters. The summed E-state index contributed by atoms with van der Waals surface area (Å²) < 4.78 is 49.2. The molecule has 2 N–H and O–H groups in total. The zero-order chi connectivity index (χ0) is 23.1. The van der Waals surface area contributed by atoms with Crippen molar-refractivity contribution in [2.75, 3.05) is 5.73 Å². The minimum absolute atomic E-state index is 0.0866. The fraction of sp³-hybridized carbons (Fsp3) is 0.348. The molecule has 0 fully saturated rings. The van der Waals surface area contributed by atoms with E-state index in [-0.39, 0.29) is 5.82 Å². The number of hydrogen-bond acceptors (Lipinski definition) is 5. The minimum atomic E-state index is -4.43. The van der Waals surface area contributed by atoms with Crippen molar-refractivity contribution >= 4 is 15.8 Å². The molecule has 1 aromatic heterocycles. The third-order valence-corrected chi connectivity index (χ3v) is 6.65. The van der Waals surface area contributed by atoms with E-state index in [1.54, 1.807) is 18.2 Å². The van der Waals surface area contributed by atoms with Crippen molar-refractivity contribution in [3.63, 3.8) is 0 Å². The Balaban J connectivity index is 2.17. The van der Waals surface area contributed by atoms with Crippen LogP contribution in [0.2, 0.25) is 0 Å². The smallest absolute Gasteiger partial charge is 0.287 e. The van der Waals surface area contributed by atoms with Gasteiger partial charge in [0.05, 0.1) is 0 Å². The highest BCUT2D eigenvalue weighted by Gasteiger charge is 2.41. The van der Waals surface area contributed by atoms with E-state index in [4.69, 9.17) is 10.5 Å². The second-order valence-corrected chi connectivity index (χ2v) is 10.5. The number of ether oxygens (including phenoxy) is 1. The molecule has 0 bridgehead atoms. The monoisotopic (exact) mass is 445 g/mol. The number of nitrogens with two attached hydrogens (primary N) is 1. The molecule has 2 aromatic rings. The lowest BCUT2D eigenvalue weighted by Gasteiger charge is -2.39. The maximum Gasteiger partial charge on any atom is 0.287 e. The van der Waals surface area contributed by atoms with Crippen LogP contribution in [0.5, 0.6) is 5.75 Å². The van der Waals surface area contributed by atoms with E-state index in [9.17, 15) is 12.8 Å². The molecule has 3 rings (SSSR count). The van der Waals surface area contributed by atoms with E-state index in [1.807, 2.05) is 53.7 Å². The Hall–Kier alpha value is -2.87. The second kappa shape index (κ2) is 8.00. The van der Waals surface area contributed by atoms with Gasteiger partial charge in [-0.25, -0.2) is 13.7 Å². The predicted molar refractivity (Wildman–Crippen MR) is 119 cm³/mol. The Morgan fingerprint density at radius 2 is 1.74 bits per heavy atom. The normalized spacial score (nSPS) is 16.9. The fourth-order valence-corrected chi connectivity index (χ4v) is 5.35. The highest BCUT2D eigenvalue weighted by atomic mass is 32.2. The van der Waals surface area contributed by atoms with E-state index in [0.717, 1.165) is 27.1 Å². The van der Waals surface area contributed by atoms with Crippen LogP contribution in [0.3, 0.4) is 0 Å². The Morgan fingerprint density at radius 3 is 2.32 bits per heavy atom. The lowest BCUT2D eigenvalue weighted by Crippen LogP contribution is -2.46. The number of benzene rings is 1. The summed E-state index contributed by atoms with van der Waals surface area (Å²) in [4.78, 5) is 3.79. The van der Waals surface area contributed by atoms with E-state index in [1.165, 1.54) is 6.07 Å². The van der Waals surface area contributed by atoms with Crippen LogP contribution in [0, 0.1) is 32.0 Å². The van der Waals surface area contributed by atoms with Crippen LogP contribution in [0.1, 0.15) is 37.5 Å². The molecule has 8 heteroatoms. The summed E-state index contributed by atoms with van der Waals surface area (Å²) in [5.74, 6) is -0.480. The molecule has 166 valence electrons. The number of allylic oxidation sites excluding steroid dienone is 3. The molecule has 1 aromatic carbocycles. The molecule has 6 nitrogen and oxygen atoms in total. The molecule has 0 saturated heterocycles. The Bertz CT molecular complexity index is 1160. The van der Waals surface area contributed by atoms with Crippen LogP contribution >= 0.6 is 0 Å². The number of rotatable bonds is 4. The number of pyridine rings is 1. The first-order valence-electron chi connectivity index (χ1n) is 9.92. The summed E-state index contributed by atoms with van der Waals surface area (Å²) in [7, 11) is -4.43. The number of aryl methyl sites for hydroxylation is 3. The quantitative estimate of drug-likeness (QED) is 0.742. The average molecular weight is 446 g/mol. The fourth-order valence-electron chi connectivity index (χ4n) is 3.65. The summed E-state index contributed by atoms with van der Waals surface area (Å²) in [6.45, 7) is 11.4. The van der Waals surface area contributed by atoms with Gasteiger partial charge in [-0.3, -0.25) is 0 Å². The maximum atomic E-state index is 14.6. The van der Waals surface area contributed by atoms with Gasteiger partial charge >= 0.3 is 0 Å². The minimum Gasteiger partial charge on any atom is -0.465 e. The number of sulfonamides is 1. The van der Waals surface area contributed by atoms with Crippen molar-refractivity contribution in [3.05, 3.63) is 70.7 Å². The van der Waals surface area contributed by atoms with Gasteiger partial charge in [-0.05, 0) is 56.2 Å². The molecule has 1 aliphatic rings. The lowest BCUT2D eigenvalue weighted by molar-refractivity contribution is 0.131. The van der Waals surface area contributed by atoms with Gasteiger partial charge < -0.3 is 10.5 Å². The third kappa shape index (κ3) is 4.44. The summed E-state index contributed by atoms with van der Waals surface area (Å²) in [6, 6.07) is 6.15. The second-order valence-electron chi connectivity index (χ2n) is 8.75. The van der Waals surface area contributed by atoms with Gasteiger partial charge in [-0.2, -0.15) is 8.42 Å². The van der Waals surface area contributed by atoms with Gasteiger partial charge in [0.1, 0.15) is 11.6 Å². The first-order chi connectivity index (χ1) is 14.3. The van der Waals surface area contributed by atoms with Crippen molar-refractivity contribution in [2.45, 2.75) is 52.8 Å². The molecule has 1 aliphatic heterocycles. The molecule has 0 aliphatic carbocycles. The van der Waals surface area contributed by atoms with Gasteiger partial charge in [-0.1, -0.05) is 44.5 Å². The Labute approximate surface area is 183 Å². The summed E-state index contributed by atoms with van der Waals surface area (Å²) in [5, 5.41) is -0.732. The number of anilines is 1. The van der Waals surface area contributed by atoms with Gasteiger partial charge in [0, 0.05) is 11.1 Å². The maximum absolute atomic E-state index is 14.6. The largest absolute Gasteiger partial charge is 0.465 e. The molecule has 0 radical (unpaired) electrons. The number of hydrogen-bond donors (Lipinski definition) is 1. The number of aromatic nitrogens is 1. The first-order valence-corrected chi connectivity index (χ1v) is 11.4. The van der Waals surface area contributed by atoms with Crippen molar-refractivity contribution in [3.8, 4) is 5.75 Å². The summed E-state index contributed by atoms with van der Waals surface area (Å²) >= 11 is 0. The van der Waals surface area contributed by atoms with Crippen LogP contribution in [0.15, 0.2) is 53.2 Å². The van der Waals surface area contributed by atoms with Gasteiger partial charge in [0.15, 0.2) is 5.82 Å². The standard InChI is InChI=1S/C23H28FN3O3S/c1-14-12-15(2)21(16(3)13-14)30-20-9-7-8-18(23(4,5)6)27(20)31(28,29)22-17(24)10-11-19(25)26-22/h7-13,20H,1-6H3,(H2,25,26). The molecule has 0 spiro atoms. The molecular weight excluding hydrogens is 417 g/mol. The third-order valence-electron chi connectivity index (χ3n) is 4.95. The van der Waals surface area contributed by atoms with Crippen LogP contribution in [-0.4, -0.2) is 23.9 Å². The molecule has 31 heavy (non-hydrogen) atoms. The van der Waals surface area contributed by atoms with Crippen LogP contribution in [-0.2, 0) is 10.0 Å². The van der Waals surface area contributed by atoms with Crippen molar-refractivity contribution in [1.82, 2.24) is 9.29 Å². The SMILES string of the molecule is Cc1cc(C)c(OC2C=CC=C(C(C)(C)C)N2S(=O)(=O)c2nc(N)ccc2F)c(C)c1. The zero-order valence-electron chi connectivity index (χ0n) is 18.6. The molecule has 0 amide bonds. The summed E-state index contributed by atoms with van der Waals surface area (Å²) in [6.07, 6.45) is 4.04. The van der Waals surface area contributed by atoms with Crippen LogP contribution in [0.25, 0.3) is 0 Å². The highest BCUT2D eigenvalue weighted by molar-refractivity contribution is 7.89.